The van der Waals surface area contributed by atoms with Crippen molar-refractivity contribution in [2.75, 3.05) is 17.3 Å². The normalized spacial score (nSPS) is 11.3. The highest BCUT2D eigenvalue weighted by Gasteiger charge is 2.29. The van der Waals surface area contributed by atoms with E-state index in [9.17, 15) is 13.2 Å². The number of hydrogen-bond donors (Lipinski definition) is 2. The van der Waals surface area contributed by atoms with Crippen LogP contribution < -0.4 is 11.1 Å². The molecule has 1 amide bonds. The van der Waals surface area contributed by atoms with Gasteiger partial charge >= 0.3 is 0 Å². The molecule has 0 aliphatic rings. The smallest absolute Gasteiger partial charge is 0.246 e. The summed E-state index contributed by atoms with van der Waals surface area (Å²) in [6, 6.07) is 17.0. The number of rotatable bonds is 6. The van der Waals surface area contributed by atoms with Crippen molar-refractivity contribution in [1.29, 1.82) is 0 Å². The van der Waals surface area contributed by atoms with Crippen LogP contribution in [0.1, 0.15) is 0 Å². The third kappa shape index (κ3) is 3.99. The second-order valence-corrected chi connectivity index (χ2v) is 8.29. The molecule has 0 saturated carbocycles. The molecule has 1 aromatic heterocycles. The van der Waals surface area contributed by atoms with Crippen molar-refractivity contribution in [2.24, 2.45) is 0 Å². The van der Waals surface area contributed by atoms with Crippen molar-refractivity contribution < 1.29 is 13.2 Å². The summed E-state index contributed by atoms with van der Waals surface area (Å²) in [5.74, 6) is -0.418. The minimum atomic E-state index is -3.85. The molecule has 2 aromatic carbocycles. The maximum atomic E-state index is 13.0. The fourth-order valence-corrected chi connectivity index (χ4v) is 4.97. The molecule has 0 spiro atoms. The summed E-state index contributed by atoms with van der Waals surface area (Å²) in [6.45, 7) is -0.196. The quantitative estimate of drug-likeness (QED) is 0.614. The SMILES string of the molecule is CSc1nn(CC(=O)Nc2ccccc2)c(N)c1S(=O)(=O)c1ccccc1. The summed E-state index contributed by atoms with van der Waals surface area (Å²) in [6.07, 6.45) is 1.71. The van der Waals surface area contributed by atoms with E-state index in [2.05, 4.69) is 10.4 Å². The van der Waals surface area contributed by atoms with Gasteiger partial charge in [-0.2, -0.15) is 5.10 Å². The molecule has 3 N–H and O–H groups in total. The fourth-order valence-electron chi connectivity index (χ4n) is 2.52. The van der Waals surface area contributed by atoms with Crippen LogP contribution in [0.15, 0.2) is 75.5 Å². The van der Waals surface area contributed by atoms with Gasteiger partial charge in [0.2, 0.25) is 15.7 Å². The topological polar surface area (TPSA) is 107 Å². The van der Waals surface area contributed by atoms with Crippen LogP contribution in [-0.4, -0.2) is 30.4 Å². The predicted octanol–water partition coefficient (Wildman–Crippen LogP) is 2.66. The van der Waals surface area contributed by atoms with Crippen LogP contribution in [-0.2, 0) is 21.2 Å². The van der Waals surface area contributed by atoms with Gasteiger partial charge in [-0.25, -0.2) is 13.1 Å². The average molecular weight is 403 g/mol. The molecule has 0 unspecified atom stereocenters. The van der Waals surface area contributed by atoms with E-state index in [1.54, 1.807) is 48.7 Å². The summed E-state index contributed by atoms with van der Waals surface area (Å²) in [5.41, 5.74) is 6.71. The number of anilines is 2. The maximum absolute atomic E-state index is 13.0. The van der Waals surface area contributed by atoms with Gasteiger partial charge in [0.25, 0.3) is 0 Å². The van der Waals surface area contributed by atoms with E-state index < -0.39 is 9.84 Å². The Balaban J connectivity index is 1.92. The molecule has 0 aliphatic carbocycles. The van der Waals surface area contributed by atoms with Crippen LogP contribution >= 0.6 is 11.8 Å². The molecule has 0 fully saturated rings. The van der Waals surface area contributed by atoms with Crippen LogP contribution in [0, 0.1) is 0 Å². The number of para-hydroxylation sites is 1. The number of thioether (sulfide) groups is 1. The third-order valence-electron chi connectivity index (χ3n) is 3.78. The van der Waals surface area contributed by atoms with Gasteiger partial charge in [-0.05, 0) is 30.5 Å². The van der Waals surface area contributed by atoms with Gasteiger partial charge in [0.15, 0.2) is 0 Å². The number of hydrogen-bond acceptors (Lipinski definition) is 6. The molecule has 9 heteroatoms. The molecule has 140 valence electrons. The Kier molecular flexibility index (Phi) is 5.52. The standard InChI is InChI=1S/C18H18N4O3S2/c1-26-18-16(27(24,25)14-10-6-3-7-11-14)17(19)22(21-18)12-15(23)20-13-8-4-2-5-9-13/h2-11H,12,19H2,1H3,(H,20,23). The Bertz CT molecular complexity index is 1050. The number of nitrogen functional groups attached to an aromatic ring is 1. The third-order valence-corrected chi connectivity index (χ3v) is 6.42. The highest BCUT2D eigenvalue weighted by atomic mass is 32.2. The maximum Gasteiger partial charge on any atom is 0.246 e. The van der Waals surface area contributed by atoms with E-state index in [4.69, 9.17) is 5.73 Å². The molecule has 7 nitrogen and oxygen atoms in total. The van der Waals surface area contributed by atoms with Gasteiger partial charge in [-0.3, -0.25) is 4.79 Å². The van der Waals surface area contributed by atoms with Crippen molar-refractivity contribution in [3.05, 3.63) is 60.7 Å². The monoisotopic (exact) mass is 402 g/mol. The minimum absolute atomic E-state index is 0.0635. The first-order chi connectivity index (χ1) is 12.9. The van der Waals surface area contributed by atoms with E-state index in [-0.39, 0.29) is 33.1 Å². The van der Waals surface area contributed by atoms with Crippen LogP contribution in [0.25, 0.3) is 0 Å². The predicted molar refractivity (Wildman–Crippen MR) is 105 cm³/mol. The number of amides is 1. The Morgan fingerprint density at radius 3 is 2.30 bits per heavy atom. The lowest BCUT2D eigenvalue weighted by atomic mass is 10.3. The molecule has 0 atom stereocenters. The zero-order valence-corrected chi connectivity index (χ0v) is 16.1. The van der Waals surface area contributed by atoms with Crippen molar-refractivity contribution in [3.8, 4) is 0 Å². The summed E-state index contributed by atoms with van der Waals surface area (Å²) >= 11 is 1.16. The molecule has 0 aliphatic heterocycles. The van der Waals surface area contributed by atoms with E-state index in [0.717, 1.165) is 11.8 Å². The van der Waals surface area contributed by atoms with E-state index >= 15 is 0 Å². The molecule has 27 heavy (non-hydrogen) atoms. The Morgan fingerprint density at radius 1 is 1.11 bits per heavy atom. The van der Waals surface area contributed by atoms with E-state index in [0.29, 0.717) is 5.69 Å². The second kappa shape index (κ2) is 7.85. The molecule has 3 aromatic rings. The van der Waals surface area contributed by atoms with Crippen LogP contribution in [0.4, 0.5) is 11.5 Å². The van der Waals surface area contributed by atoms with Crippen molar-refractivity contribution in [3.63, 3.8) is 0 Å². The second-order valence-electron chi connectivity index (χ2n) is 5.61. The lowest BCUT2D eigenvalue weighted by Crippen LogP contribution is -2.21. The zero-order valence-electron chi connectivity index (χ0n) is 14.5. The first kappa shape index (κ1) is 19.0. The molecular weight excluding hydrogens is 384 g/mol. The Morgan fingerprint density at radius 2 is 1.70 bits per heavy atom. The Labute approximate surface area is 161 Å². The van der Waals surface area contributed by atoms with Gasteiger partial charge in [-0.1, -0.05) is 36.4 Å². The number of nitrogens with two attached hydrogens (primary N) is 1. The number of sulfone groups is 1. The molecule has 3 rings (SSSR count). The Hall–Kier alpha value is -2.78. The van der Waals surface area contributed by atoms with E-state index in [1.165, 1.54) is 16.8 Å². The number of benzene rings is 2. The summed E-state index contributed by atoms with van der Waals surface area (Å²) < 4.78 is 27.2. The molecular formula is C18H18N4O3S2. The largest absolute Gasteiger partial charge is 0.383 e. The highest BCUT2D eigenvalue weighted by Crippen LogP contribution is 2.33. The highest BCUT2D eigenvalue weighted by molar-refractivity contribution is 7.99. The lowest BCUT2D eigenvalue weighted by molar-refractivity contribution is -0.116. The van der Waals surface area contributed by atoms with Gasteiger partial charge in [0, 0.05) is 5.69 Å². The molecule has 0 bridgehead atoms. The number of carbonyl (C=O) groups is 1. The van der Waals surface area contributed by atoms with Crippen LogP contribution in [0.3, 0.4) is 0 Å². The lowest BCUT2D eigenvalue weighted by Gasteiger charge is -2.07. The summed E-state index contributed by atoms with van der Waals surface area (Å²) in [5, 5.41) is 7.19. The van der Waals surface area contributed by atoms with Gasteiger partial charge in [-0.15, -0.1) is 11.8 Å². The number of nitrogens with zero attached hydrogens (tertiary/aromatic N) is 2. The van der Waals surface area contributed by atoms with Crippen molar-refractivity contribution in [1.82, 2.24) is 9.78 Å². The van der Waals surface area contributed by atoms with Crippen molar-refractivity contribution in [2.45, 2.75) is 21.4 Å². The first-order valence-electron chi connectivity index (χ1n) is 7.99. The summed E-state index contributed by atoms with van der Waals surface area (Å²) in [4.78, 5) is 12.3. The molecule has 0 saturated heterocycles. The number of aromatic nitrogens is 2. The zero-order chi connectivity index (χ0) is 19.4. The number of carbonyl (C=O) groups excluding carboxylic acids is 1. The van der Waals surface area contributed by atoms with Crippen LogP contribution in [0.5, 0.6) is 0 Å². The minimum Gasteiger partial charge on any atom is -0.383 e. The summed E-state index contributed by atoms with van der Waals surface area (Å²) in [7, 11) is -3.85. The van der Waals surface area contributed by atoms with Crippen molar-refractivity contribution >= 4 is 39.0 Å². The first-order valence-corrected chi connectivity index (χ1v) is 10.7. The van der Waals surface area contributed by atoms with E-state index in [1.807, 2.05) is 6.07 Å². The van der Waals surface area contributed by atoms with Gasteiger partial charge in [0.1, 0.15) is 22.3 Å². The van der Waals surface area contributed by atoms with Gasteiger partial charge in [0.05, 0.1) is 4.90 Å². The molecule has 1 heterocycles. The fraction of sp³-hybridized carbons (Fsp3) is 0.111. The average Bonchev–Trinajstić information content (AvgIpc) is 2.99. The number of nitrogens with one attached hydrogen (secondary N) is 1. The molecule has 0 radical (unpaired) electrons. The van der Waals surface area contributed by atoms with Gasteiger partial charge < -0.3 is 11.1 Å². The van der Waals surface area contributed by atoms with Crippen LogP contribution in [0.2, 0.25) is 0 Å².